The maximum absolute atomic E-state index is 13.1. The summed E-state index contributed by atoms with van der Waals surface area (Å²) in [6, 6.07) is 0. The third-order valence-corrected chi connectivity index (χ3v) is 6.56. The van der Waals surface area contributed by atoms with Crippen molar-refractivity contribution in [2.24, 2.45) is 5.92 Å². The van der Waals surface area contributed by atoms with Crippen LogP contribution in [-0.2, 0) is 14.3 Å². The van der Waals surface area contributed by atoms with Gasteiger partial charge >= 0.3 is 0 Å². The molecule has 1 aromatic rings. The van der Waals surface area contributed by atoms with Gasteiger partial charge in [0, 0.05) is 58.7 Å². The van der Waals surface area contributed by atoms with Crippen molar-refractivity contribution in [2.45, 2.75) is 38.0 Å². The number of rotatable bonds is 6. The Hall–Kier alpha value is -2.42. The number of ether oxygens (including phenoxy) is 1. The van der Waals surface area contributed by atoms with Crippen molar-refractivity contribution in [1.29, 1.82) is 0 Å². The number of nitrogens with one attached hydrogen (secondary N) is 1. The number of nitrogens with zero attached hydrogens (tertiary/aromatic N) is 4. The van der Waals surface area contributed by atoms with Gasteiger partial charge in [-0.2, -0.15) is 5.10 Å². The Morgan fingerprint density at radius 1 is 1.17 bits per heavy atom. The minimum Gasteiger partial charge on any atom is -0.383 e. The summed E-state index contributed by atoms with van der Waals surface area (Å²) in [7, 11) is 1.61. The lowest BCUT2D eigenvalue weighted by atomic mass is 9.91. The quantitative estimate of drug-likeness (QED) is 0.740. The molecule has 0 saturated carbocycles. The van der Waals surface area contributed by atoms with E-state index in [1.54, 1.807) is 18.2 Å². The topological polar surface area (TPSA) is 98.8 Å². The van der Waals surface area contributed by atoms with Gasteiger partial charge in [-0.05, 0) is 25.7 Å². The lowest BCUT2D eigenvalue weighted by Crippen LogP contribution is -2.43. The van der Waals surface area contributed by atoms with Gasteiger partial charge in [0.1, 0.15) is 0 Å². The fourth-order valence-electron chi connectivity index (χ4n) is 4.89. The van der Waals surface area contributed by atoms with Crippen LogP contribution in [0.15, 0.2) is 6.20 Å². The number of piperidine rings is 1. The van der Waals surface area contributed by atoms with Gasteiger partial charge in [0.25, 0.3) is 5.91 Å². The van der Waals surface area contributed by atoms with Crippen molar-refractivity contribution < 1.29 is 19.1 Å². The molecule has 3 amide bonds. The lowest BCUT2D eigenvalue weighted by Gasteiger charge is -2.34. The molecule has 0 radical (unpaired) electrons. The predicted octanol–water partition coefficient (Wildman–Crippen LogP) is 0.847. The van der Waals surface area contributed by atoms with Crippen molar-refractivity contribution in [3.05, 3.63) is 17.5 Å². The lowest BCUT2D eigenvalue weighted by molar-refractivity contribution is -0.137. The molecule has 3 aliphatic heterocycles. The molecule has 9 heteroatoms. The minimum absolute atomic E-state index is 0.0195. The Kier molecular flexibility index (Phi) is 6.36. The molecule has 0 spiro atoms. The first kappa shape index (κ1) is 20.8. The first-order chi connectivity index (χ1) is 14.6. The Balaban J connectivity index is 1.41. The van der Waals surface area contributed by atoms with E-state index in [4.69, 9.17) is 4.74 Å². The highest BCUT2D eigenvalue weighted by molar-refractivity contribution is 5.95. The summed E-state index contributed by atoms with van der Waals surface area (Å²) < 4.78 is 5.06. The second-order valence-electron chi connectivity index (χ2n) is 8.55. The molecule has 0 unspecified atom stereocenters. The average molecular weight is 418 g/mol. The molecular weight excluding hydrogens is 386 g/mol. The first-order valence-corrected chi connectivity index (χ1v) is 11.0. The summed E-state index contributed by atoms with van der Waals surface area (Å²) in [6.07, 6.45) is 5.78. The van der Waals surface area contributed by atoms with Gasteiger partial charge in [-0.25, -0.2) is 0 Å². The summed E-state index contributed by atoms with van der Waals surface area (Å²) in [6.45, 7) is 4.32. The summed E-state index contributed by atoms with van der Waals surface area (Å²) in [4.78, 5) is 43.7. The molecule has 3 aliphatic rings. The van der Waals surface area contributed by atoms with Crippen molar-refractivity contribution in [3.63, 3.8) is 0 Å². The average Bonchev–Trinajstić information content (AvgIpc) is 3.52. The SMILES string of the molecule is COCCN1C[C@@H](C(=O)N2CCC[C@@H](c3[nH]ncc3C(=O)N3CCCC3)C2)CC1=O. The molecule has 4 heterocycles. The maximum atomic E-state index is 13.1. The zero-order valence-electron chi connectivity index (χ0n) is 17.6. The summed E-state index contributed by atoms with van der Waals surface area (Å²) in [5.41, 5.74) is 1.48. The van der Waals surface area contributed by atoms with Crippen LogP contribution in [0.5, 0.6) is 0 Å². The number of H-pyrrole nitrogens is 1. The monoisotopic (exact) mass is 417 g/mol. The van der Waals surface area contributed by atoms with Gasteiger partial charge in [0.05, 0.1) is 30.0 Å². The fourth-order valence-corrected chi connectivity index (χ4v) is 4.89. The zero-order chi connectivity index (χ0) is 21.1. The van der Waals surface area contributed by atoms with Crippen LogP contribution in [0.3, 0.4) is 0 Å². The van der Waals surface area contributed by atoms with E-state index in [1.807, 2.05) is 9.80 Å². The van der Waals surface area contributed by atoms with Crippen LogP contribution in [0.25, 0.3) is 0 Å². The number of carbonyl (C=O) groups is 3. The van der Waals surface area contributed by atoms with Gasteiger partial charge in [-0.3, -0.25) is 19.5 Å². The zero-order valence-corrected chi connectivity index (χ0v) is 17.6. The van der Waals surface area contributed by atoms with Gasteiger partial charge in [-0.15, -0.1) is 0 Å². The van der Waals surface area contributed by atoms with E-state index >= 15 is 0 Å². The number of likely N-dealkylation sites (tertiary alicyclic amines) is 3. The molecule has 4 rings (SSSR count). The number of aromatic nitrogens is 2. The van der Waals surface area contributed by atoms with E-state index in [2.05, 4.69) is 10.2 Å². The number of aromatic amines is 1. The molecule has 2 atom stereocenters. The van der Waals surface area contributed by atoms with Gasteiger partial charge < -0.3 is 19.4 Å². The largest absolute Gasteiger partial charge is 0.383 e. The molecule has 0 aromatic carbocycles. The van der Waals surface area contributed by atoms with Crippen molar-refractivity contribution in [1.82, 2.24) is 24.9 Å². The molecule has 3 saturated heterocycles. The van der Waals surface area contributed by atoms with Crippen LogP contribution in [-0.4, -0.2) is 95.6 Å². The van der Waals surface area contributed by atoms with Crippen LogP contribution < -0.4 is 0 Å². The van der Waals surface area contributed by atoms with E-state index in [9.17, 15) is 14.4 Å². The highest BCUT2D eigenvalue weighted by Crippen LogP contribution is 2.31. The summed E-state index contributed by atoms with van der Waals surface area (Å²) in [5, 5.41) is 7.18. The number of carbonyl (C=O) groups excluding carboxylic acids is 3. The molecule has 0 bridgehead atoms. The Labute approximate surface area is 176 Å². The molecule has 9 nitrogen and oxygen atoms in total. The van der Waals surface area contributed by atoms with Crippen molar-refractivity contribution in [3.8, 4) is 0 Å². The second kappa shape index (κ2) is 9.16. The van der Waals surface area contributed by atoms with Crippen LogP contribution >= 0.6 is 0 Å². The van der Waals surface area contributed by atoms with Crippen molar-refractivity contribution in [2.75, 3.05) is 53.0 Å². The Bertz CT molecular complexity index is 788. The number of hydrogen-bond donors (Lipinski definition) is 1. The Morgan fingerprint density at radius 2 is 1.93 bits per heavy atom. The van der Waals surface area contributed by atoms with E-state index in [0.717, 1.165) is 44.5 Å². The molecule has 1 N–H and O–H groups in total. The molecule has 1 aromatic heterocycles. The van der Waals surface area contributed by atoms with E-state index in [-0.39, 0.29) is 36.0 Å². The summed E-state index contributed by atoms with van der Waals surface area (Å²) in [5.74, 6) is -0.130. The van der Waals surface area contributed by atoms with E-state index in [0.29, 0.717) is 38.3 Å². The molecule has 3 fully saturated rings. The van der Waals surface area contributed by atoms with Gasteiger partial charge in [-0.1, -0.05) is 0 Å². The van der Waals surface area contributed by atoms with Gasteiger partial charge in [0.15, 0.2) is 0 Å². The summed E-state index contributed by atoms with van der Waals surface area (Å²) >= 11 is 0. The minimum atomic E-state index is -0.291. The van der Waals surface area contributed by atoms with Crippen LogP contribution in [0.2, 0.25) is 0 Å². The smallest absolute Gasteiger partial charge is 0.257 e. The predicted molar refractivity (Wildman–Crippen MR) is 109 cm³/mol. The molecule has 30 heavy (non-hydrogen) atoms. The van der Waals surface area contributed by atoms with E-state index < -0.39 is 0 Å². The standard InChI is InChI=1S/C21H31N5O4/c1-30-10-9-25-14-16(11-18(25)27)20(28)26-8-4-5-15(13-26)19-17(12-22-23-19)21(29)24-6-2-3-7-24/h12,15-16H,2-11,13-14H2,1H3,(H,22,23)/t15-,16+/m1/s1. The maximum Gasteiger partial charge on any atom is 0.257 e. The normalized spacial score (nSPS) is 24.7. The first-order valence-electron chi connectivity index (χ1n) is 11.0. The molecule has 164 valence electrons. The van der Waals surface area contributed by atoms with Crippen LogP contribution in [0.1, 0.15) is 54.1 Å². The molecule has 0 aliphatic carbocycles. The van der Waals surface area contributed by atoms with Crippen LogP contribution in [0, 0.1) is 5.92 Å². The highest BCUT2D eigenvalue weighted by Gasteiger charge is 2.38. The van der Waals surface area contributed by atoms with Gasteiger partial charge in [0.2, 0.25) is 11.8 Å². The van der Waals surface area contributed by atoms with Crippen molar-refractivity contribution >= 4 is 17.7 Å². The number of methoxy groups -OCH3 is 1. The van der Waals surface area contributed by atoms with Crippen LogP contribution in [0.4, 0.5) is 0 Å². The number of amides is 3. The second-order valence-corrected chi connectivity index (χ2v) is 8.55. The van der Waals surface area contributed by atoms with E-state index in [1.165, 1.54) is 0 Å². The highest BCUT2D eigenvalue weighted by atomic mass is 16.5. The third-order valence-electron chi connectivity index (χ3n) is 6.56. The number of hydrogen-bond acceptors (Lipinski definition) is 5. The fraction of sp³-hybridized carbons (Fsp3) is 0.714. The Morgan fingerprint density at radius 3 is 2.70 bits per heavy atom. The third kappa shape index (κ3) is 4.21. The molecular formula is C21H31N5O4.